The van der Waals surface area contributed by atoms with Crippen LogP contribution in [0.15, 0.2) is 24.3 Å². The molecule has 6 heteroatoms. The molecule has 0 bridgehead atoms. The summed E-state index contributed by atoms with van der Waals surface area (Å²) in [6, 6.07) is 7.22. The van der Waals surface area contributed by atoms with Crippen molar-refractivity contribution in [2.45, 2.75) is 34.1 Å². The van der Waals surface area contributed by atoms with Crippen LogP contribution >= 0.6 is 0 Å². The van der Waals surface area contributed by atoms with Crippen molar-refractivity contribution < 1.29 is 23.9 Å². The molecule has 1 aromatic carbocycles. The van der Waals surface area contributed by atoms with Crippen molar-refractivity contribution >= 4 is 17.7 Å². The summed E-state index contributed by atoms with van der Waals surface area (Å²) in [6.07, 6.45) is -0.111. The SMILES string of the molecule is CCOC(=O)Cc1c(C(=O)OCC)c(C)c(C(=O)c2ccc(C)cc2)n1C. The zero-order valence-corrected chi connectivity index (χ0v) is 16.4. The quantitative estimate of drug-likeness (QED) is 0.552. The summed E-state index contributed by atoms with van der Waals surface area (Å²) in [5.74, 6) is -1.22. The third kappa shape index (κ3) is 4.27. The minimum absolute atomic E-state index is 0.111. The van der Waals surface area contributed by atoms with Crippen LogP contribution in [0.4, 0.5) is 0 Å². The van der Waals surface area contributed by atoms with Gasteiger partial charge in [0.1, 0.15) is 0 Å². The average molecular weight is 371 g/mol. The number of rotatable bonds is 7. The molecule has 2 aromatic rings. The van der Waals surface area contributed by atoms with Crippen molar-refractivity contribution in [1.29, 1.82) is 0 Å². The van der Waals surface area contributed by atoms with Gasteiger partial charge in [-0.2, -0.15) is 0 Å². The summed E-state index contributed by atoms with van der Waals surface area (Å²) in [6.45, 7) is 7.51. The zero-order valence-electron chi connectivity index (χ0n) is 16.4. The molecule has 0 saturated heterocycles. The summed E-state index contributed by atoms with van der Waals surface area (Å²) in [7, 11) is 1.67. The normalized spacial score (nSPS) is 10.6. The molecule has 2 rings (SSSR count). The summed E-state index contributed by atoms with van der Waals surface area (Å²) >= 11 is 0. The van der Waals surface area contributed by atoms with Gasteiger partial charge in [-0.3, -0.25) is 9.59 Å². The Morgan fingerprint density at radius 1 is 0.963 bits per heavy atom. The average Bonchev–Trinajstić information content (AvgIpc) is 2.85. The Morgan fingerprint density at radius 2 is 1.56 bits per heavy atom. The number of aromatic nitrogens is 1. The summed E-state index contributed by atoms with van der Waals surface area (Å²) < 4.78 is 11.8. The third-order valence-corrected chi connectivity index (χ3v) is 4.38. The lowest BCUT2D eigenvalue weighted by Gasteiger charge is -2.09. The lowest BCUT2D eigenvalue weighted by atomic mass is 10.0. The first-order chi connectivity index (χ1) is 12.8. The van der Waals surface area contributed by atoms with Gasteiger partial charge < -0.3 is 14.0 Å². The largest absolute Gasteiger partial charge is 0.466 e. The Labute approximate surface area is 159 Å². The van der Waals surface area contributed by atoms with Crippen LogP contribution in [0.5, 0.6) is 0 Å². The number of ether oxygens (including phenoxy) is 2. The van der Waals surface area contributed by atoms with Crippen molar-refractivity contribution in [2.75, 3.05) is 13.2 Å². The topological polar surface area (TPSA) is 74.6 Å². The number of hydrogen-bond acceptors (Lipinski definition) is 5. The molecule has 6 nitrogen and oxygen atoms in total. The van der Waals surface area contributed by atoms with E-state index in [4.69, 9.17) is 9.47 Å². The van der Waals surface area contributed by atoms with E-state index in [9.17, 15) is 14.4 Å². The summed E-state index contributed by atoms with van der Waals surface area (Å²) in [5, 5.41) is 0. The van der Waals surface area contributed by atoms with Crippen LogP contribution in [0.2, 0.25) is 0 Å². The molecule has 0 saturated carbocycles. The second-order valence-electron chi connectivity index (χ2n) is 6.25. The highest BCUT2D eigenvalue weighted by atomic mass is 16.5. The van der Waals surface area contributed by atoms with Gasteiger partial charge in [-0.25, -0.2) is 4.79 Å². The van der Waals surface area contributed by atoms with E-state index in [1.807, 2.05) is 19.1 Å². The van der Waals surface area contributed by atoms with E-state index in [0.717, 1.165) is 5.56 Å². The van der Waals surface area contributed by atoms with Crippen LogP contribution in [-0.4, -0.2) is 35.5 Å². The molecular formula is C21H25NO5. The molecule has 0 aliphatic rings. The molecule has 0 radical (unpaired) electrons. The maximum absolute atomic E-state index is 13.1. The molecule has 0 spiro atoms. The van der Waals surface area contributed by atoms with E-state index in [-0.39, 0.29) is 31.0 Å². The lowest BCUT2D eigenvalue weighted by molar-refractivity contribution is -0.142. The van der Waals surface area contributed by atoms with E-state index in [1.165, 1.54) is 0 Å². The molecule has 0 fully saturated rings. The fourth-order valence-corrected chi connectivity index (χ4v) is 3.08. The molecular weight excluding hydrogens is 346 g/mol. The molecule has 1 aromatic heterocycles. The van der Waals surface area contributed by atoms with E-state index >= 15 is 0 Å². The molecule has 0 amide bonds. The highest BCUT2D eigenvalue weighted by molar-refractivity contribution is 6.11. The molecule has 0 aliphatic carbocycles. The van der Waals surface area contributed by atoms with Gasteiger partial charge >= 0.3 is 11.9 Å². The molecule has 0 N–H and O–H groups in total. The molecule has 0 atom stereocenters. The van der Waals surface area contributed by atoms with E-state index in [1.54, 1.807) is 44.5 Å². The van der Waals surface area contributed by atoms with Crippen molar-refractivity contribution in [3.05, 3.63) is 57.9 Å². The maximum atomic E-state index is 13.1. The van der Waals surface area contributed by atoms with Gasteiger partial charge in [0.2, 0.25) is 5.78 Å². The number of nitrogens with zero attached hydrogens (tertiary/aromatic N) is 1. The Kier molecular flexibility index (Phi) is 6.55. The van der Waals surface area contributed by atoms with Crippen molar-refractivity contribution in [1.82, 2.24) is 4.57 Å². The highest BCUT2D eigenvalue weighted by Crippen LogP contribution is 2.26. The maximum Gasteiger partial charge on any atom is 0.340 e. The third-order valence-electron chi connectivity index (χ3n) is 4.38. The van der Waals surface area contributed by atoms with Crippen LogP contribution < -0.4 is 0 Å². The second kappa shape index (κ2) is 8.66. The smallest absolute Gasteiger partial charge is 0.340 e. The zero-order chi connectivity index (χ0) is 20.1. The number of ketones is 1. The standard InChI is InChI=1S/C21H25NO5/c1-6-26-17(23)12-16-18(21(25)27-7-2)14(4)19(22(16)5)20(24)15-10-8-13(3)9-11-15/h8-11H,6-7,12H2,1-5H3. The number of esters is 2. The first-order valence-corrected chi connectivity index (χ1v) is 8.94. The van der Waals surface area contributed by atoms with Gasteiger partial charge in [0.05, 0.1) is 30.9 Å². The fourth-order valence-electron chi connectivity index (χ4n) is 3.08. The molecule has 27 heavy (non-hydrogen) atoms. The predicted molar refractivity (Wildman–Crippen MR) is 101 cm³/mol. The van der Waals surface area contributed by atoms with Crippen molar-refractivity contribution in [3.63, 3.8) is 0 Å². The van der Waals surface area contributed by atoms with Gasteiger partial charge in [-0.05, 0) is 33.3 Å². The van der Waals surface area contributed by atoms with E-state index in [2.05, 4.69) is 0 Å². The monoisotopic (exact) mass is 371 g/mol. The lowest BCUT2D eigenvalue weighted by Crippen LogP contribution is -2.16. The van der Waals surface area contributed by atoms with Gasteiger partial charge in [0, 0.05) is 18.3 Å². The Balaban J connectivity index is 2.57. The number of carbonyl (C=O) groups is 3. The van der Waals surface area contributed by atoms with Crippen LogP contribution in [0.3, 0.4) is 0 Å². The first kappa shape index (κ1) is 20.4. The fraction of sp³-hybridized carbons (Fsp3) is 0.381. The van der Waals surface area contributed by atoms with E-state index < -0.39 is 11.9 Å². The number of carbonyl (C=O) groups excluding carboxylic acids is 3. The van der Waals surface area contributed by atoms with Crippen molar-refractivity contribution in [3.8, 4) is 0 Å². The van der Waals surface area contributed by atoms with Gasteiger partial charge in [-0.15, -0.1) is 0 Å². The Morgan fingerprint density at radius 3 is 2.11 bits per heavy atom. The highest BCUT2D eigenvalue weighted by Gasteiger charge is 2.29. The van der Waals surface area contributed by atoms with Crippen molar-refractivity contribution in [2.24, 2.45) is 7.05 Å². The Bertz CT molecular complexity index is 862. The summed E-state index contributed by atoms with van der Waals surface area (Å²) in [5.41, 5.74) is 3.09. The van der Waals surface area contributed by atoms with Crippen LogP contribution in [0, 0.1) is 13.8 Å². The molecule has 1 heterocycles. The minimum atomic E-state index is -0.548. The second-order valence-corrected chi connectivity index (χ2v) is 6.25. The van der Waals surface area contributed by atoms with E-state index in [0.29, 0.717) is 22.5 Å². The van der Waals surface area contributed by atoms with Crippen LogP contribution in [0.1, 0.15) is 57.1 Å². The molecule has 0 unspecified atom stereocenters. The van der Waals surface area contributed by atoms with Gasteiger partial charge in [-0.1, -0.05) is 29.8 Å². The molecule has 0 aliphatic heterocycles. The summed E-state index contributed by atoms with van der Waals surface area (Å²) in [4.78, 5) is 37.6. The Hall–Kier alpha value is -2.89. The number of benzene rings is 1. The first-order valence-electron chi connectivity index (χ1n) is 8.94. The minimum Gasteiger partial charge on any atom is -0.466 e. The van der Waals surface area contributed by atoms with Gasteiger partial charge in [0.15, 0.2) is 0 Å². The number of aryl methyl sites for hydroxylation is 1. The molecule has 144 valence electrons. The predicted octanol–water partition coefficient (Wildman–Crippen LogP) is 3.16. The number of hydrogen-bond donors (Lipinski definition) is 0. The van der Waals surface area contributed by atoms with Crippen LogP contribution in [0.25, 0.3) is 0 Å². The van der Waals surface area contributed by atoms with Crippen LogP contribution in [-0.2, 0) is 27.7 Å². The van der Waals surface area contributed by atoms with Gasteiger partial charge in [0.25, 0.3) is 0 Å².